The summed E-state index contributed by atoms with van der Waals surface area (Å²) in [5, 5.41) is 2.54. The van der Waals surface area contributed by atoms with Gasteiger partial charge in [0, 0.05) is 19.6 Å². The molecule has 5 nitrogen and oxygen atoms in total. The van der Waals surface area contributed by atoms with E-state index < -0.39 is 21.7 Å². The molecule has 22 heavy (non-hydrogen) atoms. The van der Waals surface area contributed by atoms with Crippen LogP contribution in [0, 0.1) is 11.7 Å². The molecule has 1 aromatic carbocycles. The molecule has 0 bridgehead atoms. The minimum atomic E-state index is -3.15. The van der Waals surface area contributed by atoms with Crippen molar-refractivity contribution in [2.45, 2.75) is 12.8 Å². The lowest BCUT2D eigenvalue weighted by molar-refractivity contribution is 0.0941. The second-order valence-corrected chi connectivity index (χ2v) is 7.78. The van der Waals surface area contributed by atoms with Gasteiger partial charge in [0.15, 0.2) is 0 Å². The number of carbonyl (C=O) groups is 1. The third kappa shape index (κ3) is 4.18. The summed E-state index contributed by atoms with van der Waals surface area (Å²) in [7, 11) is -3.15. The molecule has 1 aliphatic rings. The van der Waals surface area contributed by atoms with Gasteiger partial charge in [0.25, 0.3) is 5.91 Å². The van der Waals surface area contributed by atoms with Gasteiger partial charge < -0.3 is 5.32 Å². The van der Waals surface area contributed by atoms with Crippen LogP contribution in [0.15, 0.2) is 18.2 Å². The Morgan fingerprint density at radius 2 is 2.05 bits per heavy atom. The smallest absolute Gasteiger partial charge is 0.252 e. The number of nitrogens with zero attached hydrogens (tertiary/aromatic N) is 1. The van der Waals surface area contributed by atoms with Gasteiger partial charge in [-0.2, -0.15) is 0 Å². The Hall–Kier alpha value is -1.18. The van der Waals surface area contributed by atoms with Crippen LogP contribution in [0.5, 0.6) is 0 Å². The van der Waals surface area contributed by atoms with Gasteiger partial charge in [-0.3, -0.25) is 4.79 Å². The molecule has 1 N–H and O–H groups in total. The van der Waals surface area contributed by atoms with Crippen LogP contribution in [0.4, 0.5) is 4.39 Å². The fraction of sp³-hybridized carbons (Fsp3) is 0.500. The van der Waals surface area contributed by atoms with Crippen LogP contribution >= 0.6 is 11.6 Å². The van der Waals surface area contributed by atoms with Crippen molar-refractivity contribution in [1.29, 1.82) is 0 Å². The second kappa shape index (κ2) is 6.93. The van der Waals surface area contributed by atoms with Crippen molar-refractivity contribution in [1.82, 2.24) is 9.62 Å². The fourth-order valence-electron chi connectivity index (χ4n) is 2.46. The number of halogens is 2. The van der Waals surface area contributed by atoms with Crippen LogP contribution in [-0.2, 0) is 10.0 Å². The maximum atomic E-state index is 13.3. The average molecular weight is 349 g/mol. The minimum Gasteiger partial charge on any atom is -0.352 e. The summed E-state index contributed by atoms with van der Waals surface area (Å²) in [5.41, 5.74) is 0.107. The van der Waals surface area contributed by atoms with Crippen LogP contribution in [-0.4, -0.2) is 44.5 Å². The summed E-state index contributed by atoms with van der Waals surface area (Å²) in [6, 6.07) is 4.09. The van der Waals surface area contributed by atoms with Gasteiger partial charge in [0.05, 0.1) is 16.8 Å². The van der Waals surface area contributed by atoms with E-state index in [9.17, 15) is 17.6 Å². The molecule has 0 aliphatic carbocycles. The zero-order valence-electron chi connectivity index (χ0n) is 12.2. The first-order valence-corrected chi connectivity index (χ1v) is 9.19. The van der Waals surface area contributed by atoms with Crippen molar-refractivity contribution >= 4 is 27.5 Å². The number of rotatable bonds is 4. The lowest BCUT2D eigenvalue weighted by Gasteiger charge is -2.30. The SMILES string of the molecule is CS(=O)(=O)N1CCC(CNC(=O)c2cccc(F)c2Cl)CC1. The lowest BCUT2D eigenvalue weighted by atomic mass is 9.98. The Morgan fingerprint density at radius 3 is 2.64 bits per heavy atom. The molecule has 1 aromatic rings. The Bertz CT molecular complexity index is 658. The number of sulfonamides is 1. The molecular formula is C14H18ClFN2O3S. The largest absolute Gasteiger partial charge is 0.352 e. The van der Waals surface area contributed by atoms with Crippen LogP contribution in [0.25, 0.3) is 0 Å². The number of amides is 1. The fourth-order valence-corrected chi connectivity index (χ4v) is 3.54. The van der Waals surface area contributed by atoms with E-state index in [1.54, 1.807) is 0 Å². The summed E-state index contributed by atoms with van der Waals surface area (Å²) in [6.07, 6.45) is 2.56. The van der Waals surface area contributed by atoms with E-state index in [1.165, 1.54) is 28.8 Å². The molecule has 0 spiro atoms. The van der Waals surface area contributed by atoms with Crippen molar-refractivity contribution in [2.75, 3.05) is 25.9 Å². The van der Waals surface area contributed by atoms with E-state index in [1.807, 2.05) is 0 Å². The highest BCUT2D eigenvalue weighted by molar-refractivity contribution is 7.88. The lowest BCUT2D eigenvalue weighted by Crippen LogP contribution is -2.41. The summed E-state index contributed by atoms with van der Waals surface area (Å²) in [6.45, 7) is 1.34. The van der Waals surface area contributed by atoms with E-state index in [0.717, 1.165) is 0 Å². The molecule has 122 valence electrons. The van der Waals surface area contributed by atoms with Gasteiger partial charge in [-0.1, -0.05) is 17.7 Å². The Labute approximate surface area is 134 Å². The van der Waals surface area contributed by atoms with Gasteiger partial charge in [-0.15, -0.1) is 0 Å². The summed E-state index contributed by atoms with van der Waals surface area (Å²) in [5.74, 6) is -0.847. The van der Waals surface area contributed by atoms with Gasteiger partial charge >= 0.3 is 0 Å². The quantitative estimate of drug-likeness (QED) is 0.903. The van der Waals surface area contributed by atoms with E-state index in [-0.39, 0.29) is 16.5 Å². The number of piperidine rings is 1. The first-order valence-electron chi connectivity index (χ1n) is 6.96. The molecule has 0 saturated carbocycles. The molecule has 1 saturated heterocycles. The molecule has 0 unspecified atom stereocenters. The maximum Gasteiger partial charge on any atom is 0.252 e. The van der Waals surface area contributed by atoms with Gasteiger partial charge in [0.1, 0.15) is 5.82 Å². The predicted molar refractivity (Wildman–Crippen MR) is 82.9 cm³/mol. The molecule has 8 heteroatoms. The monoisotopic (exact) mass is 348 g/mol. The molecule has 1 fully saturated rings. The molecule has 1 heterocycles. The average Bonchev–Trinajstić information content (AvgIpc) is 2.47. The third-order valence-corrected chi connectivity index (χ3v) is 5.48. The van der Waals surface area contributed by atoms with E-state index in [0.29, 0.717) is 32.5 Å². The summed E-state index contributed by atoms with van der Waals surface area (Å²) in [4.78, 5) is 12.0. The molecular weight excluding hydrogens is 331 g/mol. The first-order chi connectivity index (χ1) is 10.3. The zero-order valence-corrected chi connectivity index (χ0v) is 13.8. The Kier molecular flexibility index (Phi) is 5.41. The number of benzene rings is 1. The zero-order chi connectivity index (χ0) is 16.3. The summed E-state index contributed by atoms with van der Waals surface area (Å²) < 4.78 is 37.6. The number of hydrogen-bond acceptors (Lipinski definition) is 3. The number of nitrogens with one attached hydrogen (secondary N) is 1. The van der Waals surface area contributed by atoms with Crippen molar-refractivity contribution in [3.8, 4) is 0 Å². The van der Waals surface area contributed by atoms with Gasteiger partial charge in [-0.05, 0) is 30.9 Å². The van der Waals surface area contributed by atoms with Crippen LogP contribution in [0.3, 0.4) is 0 Å². The highest BCUT2D eigenvalue weighted by atomic mass is 35.5. The molecule has 0 aromatic heterocycles. The standard InChI is InChI=1S/C14H18ClFN2O3S/c1-22(20,21)18-7-5-10(6-8-18)9-17-14(19)11-3-2-4-12(16)13(11)15/h2-4,10H,5-9H2,1H3,(H,17,19). The Balaban J connectivity index is 1.87. The third-order valence-electron chi connectivity index (χ3n) is 3.79. The van der Waals surface area contributed by atoms with Crippen molar-refractivity contribution in [3.05, 3.63) is 34.6 Å². The predicted octanol–water partition coefficient (Wildman–Crippen LogP) is 1.88. The van der Waals surface area contributed by atoms with Crippen LogP contribution < -0.4 is 5.32 Å². The topological polar surface area (TPSA) is 66.5 Å². The highest BCUT2D eigenvalue weighted by Gasteiger charge is 2.25. The van der Waals surface area contributed by atoms with Gasteiger partial charge in [0.2, 0.25) is 10.0 Å². The maximum absolute atomic E-state index is 13.3. The number of carbonyl (C=O) groups excluding carboxylic acids is 1. The Morgan fingerprint density at radius 1 is 1.41 bits per heavy atom. The molecule has 0 atom stereocenters. The molecule has 0 radical (unpaired) electrons. The summed E-state index contributed by atoms with van der Waals surface area (Å²) >= 11 is 5.77. The molecule has 2 rings (SSSR count). The van der Waals surface area contributed by atoms with Crippen LogP contribution in [0.1, 0.15) is 23.2 Å². The minimum absolute atomic E-state index is 0.107. The van der Waals surface area contributed by atoms with Crippen molar-refractivity contribution in [3.63, 3.8) is 0 Å². The van der Waals surface area contributed by atoms with E-state index in [4.69, 9.17) is 11.6 Å². The van der Waals surface area contributed by atoms with Crippen LogP contribution in [0.2, 0.25) is 5.02 Å². The highest BCUT2D eigenvalue weighted by Crippen LogP contribution is 2.21. The second-order valence-electron chi connectivity index (χ2n) is 5.42. The van der Waals surface area contributed by atoms with Crippen molar-refractivity contribution < 1.29 is 17.6 Å². The first kappa shape index (κ1) is 17.2. The van der Waals surface area contributed by atoms with Crippen molar-refractivity contribution in [2.24, 2.45) is 5.92 Å². The molecule has 1 aliphatic heterocycles. The van der Waals surface area contributed by atoms with Gasteiger partial charge in [-0.25, -0.2) is 17.1 Å². The normalized spacial score (nSPS) is 17.4. The van der Waals surface area contributed by atoms with E-state index in [2.05, 4.69) is 5.32 Å². The molecule has 1 amide bonds. The number of hydrogen-bond donors (Lipinski definition) is 1. The van der Waals surface area contributed by atoms with E-state index >= 15 is 0 Å².